The third kappa shape index (κ3) is 6.75. The molecule has 0 saturated heterocycles. The molecule has 0 heterocycles. The molecule has 0 amide bonds. The molecular weight excluding hydrogens is 439 g/mol. The Labute approximate surface area is 214 Å². The van der Waals surface area contributed by atoms with Crippen molar-refractivity contribution >= 4 is 10.8 Å². The number of hydrogen-bond donors (Lipinski definition) is 0. The van der Waals surface area contributed by atoms with Crippen LogP contribution in [-0.4, -0.2) is 0 Å². The van der Waals surface area contributed by atoms with Crippen LogP contribution in [-0.2, 0) is 12.8 Å². The molecule has 178 valence electrons. The Balaban J connectivity index is 1.44. The molecule has 0 saturated carbocycles. The minimum Gasteiger partial charge on any atom is -0.205 e. The summed E-state index contributed by atoms with van der Waals surface area (Å²) in [6, 6.07) is 25.9. The van der Waals surface area contributed by atoms with E-state index < -0.39 is 0 Å². The van der Waals surface area contributed by atoms with Crippen LogP contribution < -0.4 is 0 Å². The van der Waals surface area contributed by atoms with Crippen LogP contribution in [0.25, 0.3) is 10.8 Å². The number of benzene rings is 4. The molecule has 4 rings (SSSR count). The van der Waals surface area contributed by atoms with E-state index in [0.717, 1.165) is 41.3 Å². The smallest absolute Gasteiger partial charge is 0.146 e. The third-order valence-corrected chi connectivity index (χ3v) is 6.26. The Morgan fingerprint density at radius 3 is 1.94 bits per heavy atom. The maximum Gasteiger partial charge on any atom is 0.146 e. The fourth-order valence-corrected chi connectivity index (χ4v) is 4.12. The molecule has 0 nitrogen and oxygen atoms in total. The van der Waals surface area contributed by atoms with Gasteiger partial charge >= 0.3 is 0 Å². The molecule has 0 fully saturated rings. The minimum atomic E-state index is -0.252. The normalized spacial score (nSPS) is 10.3. The van der Waals surface area contributed by atoms with E-state index in [4.69, 9.17) is 0 Å². The summed E-state index contributed by atoms with van der Waals surface area (Å²) in [5.74, 6) is 12.3. The molecule has 0 bridgehead atoms. The third-order valence-electron chi connectivity index (χ3n) is 6.26. The van der Waals surface area contributed by atoms with E-state index in [1.807, 2.05) is 48.5 Å². The van der Waals surface area contributed by atoms with Gasteiger partial charge in [-0.1, -0.05) is 85.9 Å². The monoisotopic (exact) mass is 470 g/mol. The fourth-order valence-electron chi connectivity index (χ4n) is 4.12. The highest BCUT2D eigenvalue weighted by Crippen LogP contribution is 2.23. The molecule has 0 aliphatic carbocycles. The predicted octanol–water partition coefficient (Wildman–Crippen LogP) is 8.63. The van der Waals surface area contributed by atoms with E-state index in [9.17, 15) is 0 Å². The zero-order chi connectivity index (χ0) is 25.2. The highest BCUT2D eigenvalue weighted by molar-refractivity contribution is 5.85. The van der Waals surface area contributed by atoms with E-state index >= 15 is 4.39 Å². The van der Waals surface area contributed by atoms with Gasteiger partial charge in [-0.2, -0.15) is 0 Å². The summed E-state index contributed by atoms with van der Waals surface area (Å²) >= 11 is 0. The zero-order valence-corrected chi connectivity index (χ0v) is 20.9. The average molecular weight is 471 g/mol. The molecule has 0 aliphatic heterocycles. The Morgan fingerprint density at radius 1 is 0.694 bits per heavy atom. The molecular formula is C35H31F. The maximum atomic E-state index is 15.1. The number of hydrogen-bond acceptors (Lipinski definition) is 0. The molecule has 0 atom stereocenters. The molecule has 4 aromatic rings. The van der Waals surface area contributed by atoms with Crippen LogP contribution in [0.3, 0.4) is 0 Å². The van der Waals surface area contributed by atoms with Crippen LogP contribution in [0, 0.1) is 29.5 Å². The SMILES string of the molecule is C=CCCc1ccc(C#Cc2ccc(C#Cc3ccc4cc(CCCCC)ccc4c3F)cc2)cc1. The summed E-state index contributed by atoms with van der Waals surface area (Å²) < 4.78 is 15.1. The Morgan fingerprint density at radius 2 is 1.31 bits per heavy atom. The van der Waals surface area contributed by atoms with Gasteiger partial charge in [-0.15, -0.1) is 6.58 Å². The number of allylic oxidation sites excluding steroid dienone is 1. The van der Waals surface area contributed by atoms with Crippen LogP contribution in [0.4, 0.5) is 4.39 Å². The van der Waals surface area contributed by atoms with E-state index in [1.54, 1.807) is 6.07 Å². The summed E-state index contributed by atoms with van der Waals surface area (Å²) in [5, 5.41) is 1.56. The quantitative estimate of drug-likeness (QED) is 0.144. The van der Waals surface area contributed by atoms with Crippen molar-refractivity contribution in [2.45, 2.75) is 45.4 Å². The second-order valence-corrected chi connectivity index (χ2v) is 9.04. The summed E-state index contributed by atoms with van der Waals surface area (Å²) in [4.78, 5) is 0. The highest BCUT2D eigenvalue weighted by atomic mass is 19.1. The first-order valence-electron chi connectivity index (χ1n) is 12.7. The van der Waals surface area contributed by atoms with Gasteiger partial charge in [0.2, 0.25) is 0 Å². The Hall–Kier alpha value is -4.07. The van der Waals surface area contributed by atoms with E-state index in [2.05, 4.69) is 67.5 Å². The van der Waals surface area contributed by atoms with Crippen LogP contribution in [0.5, 0.6) is 0 Å². The second-order valence-electron chi connectivity index (χ2n) is 9.04. The fraction of sp³-hybridized carbons (Fsp3) is 0.200. The van der Waals surface area contributed by atoms with Crippen molar-refractivity contribution in [1.29, 1.82) is 0 Å². The lowest BCUT2D eigenvalue weighted by Gasteiger charge is -2.06. The molecule has 0 N–H and O–H groups in total. The lowest BCUT2D eigenvalue weighted by Crippen LogP contribution is -1.90. The van der Waals surface area contributed by atoms with E-state index in [0.29, 0.717) is 10.9 Å². The van der Waals surface area contributed by atoms with Crippen molar-refractivity contribution < 1.29 is 4.39 Å². The molecule has 36 heavy (non-hydrogen) atoms. The summed E-state index contributed by atoms with van der Waals surface area (Å²) in [5.41, 5.74) is 5.71. The number of fused-ring (bicyclic) bond motifs is 1. The van der Waals surface area contributed by atoms with E-state index in [-0.39, 0.29) is 5.82 Å². The van der Waals surface area contributed by atoms with Crippen molar-refractivity contribution in [3.05, 3.63) is 131 Å². The molecule has 1 heteroatoms. The number of aryl methyl sites for hydroxylation is 2. The molecule has 0 unspecified atom stereocenters. The van der Waals surface area contributed by atoms with Gasteiger partial charge in [0.25, 0.3) is 0 Å². The molecule has 4 aromatic carbocycles. The highest BCUT2D eigenvalue weighted by Gasteiger charge is 2.06. The van der Waals surface area contributed by atoms with Crippen LogP contribution in [0.1, 0.15) is 66.0 Å². The lowest BCUT2D eigenvalue weighted by molar-refractivity contribution is 0.636. The lowest BCUT2D eigenvalue weighted by atomic mass is 10.0. The largest absolute Gasteiger partial charge is 0.205 e. The maximum absolute atomic E-state index is 15.1. The van der Waals surface area contributed by atoms with Crippen LogP contribution in [0.2, 0.25) is 0 Å². The van der Waals surface area contributed by atoms with Gasteiger partial charge < -0.3 is 0 Å². The van der Waals surface area contributed by atoms with Crippen molar-refractivity contribution in [3.8, 4) is 23.7 Å². The van der Waals surface area contributed by atoms with Crippen molar-refractivity contribution in [2.75, 3.05) is 0 Å². The first-order valence-corrected chi connectivity index (χ1v) is 12.7. The van der Waals surface area contributed by atoms with Crippen LogP contribution in [0.15, 0.2) is 91.5 Å². The van der Waals surface area contributed by atoms with Crippen LogP contribution >= 0.6 is 0 Å². The first-order chi connectivity index (χ1) is 17.7. The summed E-state index contributed by atoms with van der Waals surface area (Å²) in [7, 11) is 0. The van der Waals surface area contributed by atoms with Crippen molar-refractivity contribution in [3.63, 3.8) is 0 Å². The summed E-state index contributed by atoms with van der Waals surface area (Å²) in [6.45, 7) is 5.97. The van der Waals surface area contributed by atoms with E-state index in [1.165, 1.54) is 30.4 Å². The van der Waals surface area contributed by atoms with Gasteiger partial charge in [-0.25, -0.2) is 4.39 Å². The van der Waals surface area contributed by atoms with Gasteiger partial charge in [0, 0.05) is 22.1 Å². The Kier molecular flexibility index (Phi) is 8.75. The second kappa shape index (κ2) is 12.6. The molecule has 0 aliphatic rings. The minimum absolute atomic E-state index is 0.252. The Bertz CT molecular complexity index is 1450. The van der Waals surface area contributed by atoms with Gasteiger partial charge in [0.05, 0.1) is 5.56 Å². The van der Waals surface area contributed by atoms with Gasteiger partial charge in [-0.05, 0) is 84.7 Å². The average Bonchev–Trinajstić information content (AvgIpc) is 2.92. The molecule has 0 spiro atoms. The predicted molar refractivity (Wildman–Crippen MR) is 150 cm³/mol. The number of unbranched alkanes of at least 4 members (excludes halogenated alkanes) is 2. The van der Waals surface area contributed by atoms with Crippen molar-refractivity contribution in [1.82, 2.24) is 0 Å². The van der Waals surface area contributed by atoms with Gasteiger partial charge in [-0.3, -0.25) is 0 Å². The topological polar surface area (TPSA) is 0 Å². The first kappa shape index (κ1) is 25.0. The zero-order valence-electron chi connectivity index (χ0n) is 20.9. The summed E-state index contributed by atoms with van der Waals surface area (Å²) in [6.07, 6.45) is 8.55. The molecule has 0 radical (unpaired) electrons. The molecule has 0 aromatic heterocycles. The number of rotatable bonds is 7. The van der Waals surface area contributed by atoms with Gasteiger partial charge in [0.15, 0.2) is 0 Å². The van der Waals surface area contributed by atoms with Gasteiger partial charge in [0.1, 0.15) is 5.82 Å². The standard InChI is InChI=1S/C35H31F/c1-3-5-7-9-31-21-25-34-33(26-31)24-23-32(35(34)36)22-20-30-18-16-29(17-19-30)15-14-28-12-10-27(11-13-28)8-6-4-2/h4,10-13,16-19,21,23-26H,2-3,5-9H2,1H3. The number of halogens is 1. The van der Waals surface area contributed by atoms with Crippen molar-refractivity contribution in [2.24, 2.45) is 0 Å².